The van der Waals surface area contributed by atoms with Crippen LogP contribution in [-0.2, 0) is 11.3 Å². The second-order valence-electron chi connectivity index (χ2n) is 4.05. The first-order valence-corrected chi connectivity index (χ1v) is 5.73. The molecule has 4 nitrogen and oxygen atoms in total. The first-order valence-electron chi connectivity index (χ1n) is 5.73. The number of hydrogen-bond donors (Lipinski definition) is 1. The smallest absolute Gasteiger partial charge is 0.220 e. The quantitative estimate of drug-likeness (QED) is 0.800. The van der Waals surface area contributed by atoms with Crippen LogP contribution in [0.25, 0.3) is 0 Å². The number of pyridine rings is 1. The Kier molecular flexibility index (Phi) is 3.88. The average molecular weight is 219 g/mol. The van der Waals surface area contributed by atoms with Gasteiger partial charge in [-0.3, -0.25) is 14.7 Å². The van der Waals surface area contributed by atoms with E-state index in [0.717, 1.165) is 38.3 Å². The molecule has 0 aromatic carbocycles. The molecule has 1 fully saturated rings. The van der Waals surface area contributed by atoms with Gasteiger partial charge < -0.3 is 5.32 Å². The number of carbonyl (C=O) groups is 1. The predicted molar refractivity (Wildman–Crippen MR) is 61.8 cm³/mol. The molecule has 16 heavy (non-hydrogen) atoms. The molecule has 0 atom stereocenters. The van der Waals surface area contributed by atoms with Crippen LogP contribution in [0.3, 0.4) is 0 Å². The van der Waals surface area contributed by atoms with E-state index in [1.54, 1.807) is 0 Å². The minimum Gasteiger partial charge on any atom is -0.355 e. The van der Waals surface area contributed by atoms with Gasteiger partial charge in [0.25, 0.3) is 0 Å². The third-order valence-corrected chi connectivity index (χ3v) is 2.74. The van der Waals surface area contributed by atoms with E-state index in [0.29, 0.717) is 6.42 Å². The highest BCUT2D eigenvalue weighted by atomic mass is 16.1. The van der Waals surface area contributed by atoms with Crippen molar-refractivity contribution in [2.45, 2.75) is 19.4 Å². The molecule has 0 unspecified atom stereocenters. The Balaban J connectivity index is 1.87. The van der Waals surface area contributed by atoms with Gasteiger partial charge in [-0.05, 0) is 25.1 Å². The van der Waals surface area contributed by atoms with Crippen LogP contribution in [0, 0.1) is 0 Å². The topological polar surface area (TPSA) is 45.2 Å². The third kappa shape index (κ3) is 3.31. The normalized spacial score (nSPS) is 18.6. The summed E-state index contributed by atoms with van der Waals surface area (Å²) in [5.41, 5.74) is 1.09. The monoisotopic (exact) mass is 219 g/mol. The van der Waals surface area contributed by atoms with Gasteiger partial charge in [-0.25, -0.2) is 0 Å². The fourth-order valence-electron chi connectivity index (χ4n) is 1.90. The van der Waals surface area contributed by atoms with Crippen molar-refractivity contribution >= 4 is 5.91 Å². The summed E-state index contributed by atoms with van der Waals surface area (Å²) in [7, 11) is 0. The lowest BCUT2D eigenvalue weighted by Gasteiger charge is -2.24. The molecule has 1 N–H and O–H groups in total. The Labute approximate surface area is 95.7 Å². The van der Waals surface area contributed by atoms with Crippen LogP contribution in [0.1, 0.15) is 18.5 Å². The highest BCUT2D eigenvalue weighted by molar-refractivity contribution is 5.75. The van der Waals surface area contributed by atoms with Crippen molar-refractivity contribution in [2.24, 2.45) is 0 Å². The molecule has 2 rings (SSSR count). The molecule has 2 heterocycles. The van der Waals surface area contributed by atoms with E-state index in [1.165, 1.54) is 0 Å². The summed E-state index contributed by atoms with van der Waals surface area (Å²) in [6, 6.07) is 5.97. The SMILES string of the molecule is O=C1CCCN(Cc2ccccn2)CCN1. The fourth-order valence-corrected chi connectivity index (χ4v) is 1.90. The zero-order valence-corrected chi connectivity index (χ0v) is 9.35. The van der Waals surface area contributed by atoms with Gasteiger partial charge in [0.1, 0.15) is 0 Å². The van der Waals surface area contributed by atoms with Crippen molar-refractivity contribution in [2.75, 3.05) is 19.6 Å². The number of nitrogens with zero attached hydrogens (tertiary/aromatic N) is 2. The van der Waals surface area contributed by atoms with E-state index in [1.807, 2.05) is 24.4 Å². The molecule has 1 aliphatic rings. The van der Waals surface area contributed by atoms with Crippen LogP contribution in [0.15, 0.2) is 24.4 Å². The molecule has 0 aliphatic carbocycles. The summed E-state index contributed by atoms with van der Waals surface area (Å²) in [6.45, 7) is 3.49. The van der Waals surface area contributed by atoms with Gasteiger partial charge in [0.2, 0.25) is 5.91 Å². The molecule has 0 radical (unpaired) electrons. The van der Waals surface area contributed by atoms with Gasteiger partial charge in [0.15, 0.2) is 0 Å². The Morgan fingerprint density at radius 3 is 3.12 bits per heavy atom. The molecule has 4 heteroatoms. The standard InChI is InChI=1S/C12H17N3O/c16-12-5-3-8-15(9-7-14-12)10-11-4-1-2-6-13-11/h1-2,4,6H,3,5,7-10H2,(H,14,16). The van der Waals surface area contributed by atoms with Crippen molar-refractivity contribution in [1.82, 2.24) is 15.2 Å². The maximum absolute atomic E-state index is 11.2. The molecule has 1 saturated heterocycles. The molecule has 1 amide bonds. The molecular formula is C12H17N3O. The van der Waals surface area contributed by atoms with Crippen molar-refractivity contribution in [3.8, 4) is 0 Å². The zero-order valence-electron chi connectivity index (χ0n) is 9.35. The van der Waals surface area contributed by atoms with Crippen LogP contribution in [0.5, 0.6) is 0 Å². The largest absolute Gasteiger partial charge is 0.355 e. The van der Waals surface area contributed by atoms with Crippen LogP contribution < -0.4 is 5.32 Å². The van der Waals surface area contributed by atoms with Crippen LogP contribution in [0.2, 0.25) is 0 Å². The van der Waals surface area contributed by atoms with Crippen LogP contribution in [-0.4, -0.2) is 35.4 Å². The first kappa shape index (κ1) is 11.1. The maximum Gasteiger partial charge on any atom is 0.220 e. The zero-order chi connectivity index (χ0) is 11.2. The lowest BCUT2D eigenvalue weighted by atomic mass is 10.2. The Morgan fingerprint density at radius 1 is 1.38 bits per heavy atom. The van der Waals surface area contributed by atoms with E-state index in [4.69, 9.17) is 0 Å². The lowest BCUT2D eigenvalue weighted by molar-refractivity contribution is -0.121. The van der Waals surface area contributed by atoms with Gasteiger partial charge >= 0.3 is 0 Å². The summed E-state index contributed by atoms with van der Waals surface area (Å²) in [4.78, 5) is 17.8. The fraction of sp³-hybridized carbons (Fsp3) is 0.500. The molecule has 1 aromatic rings. The lowest BCUT2D eigenvalue weighted by Crippen LogP contribution is -2.38. The Hall–Kier alpha value is -1.42. The number of nitrogens with one attached hydrogen (secondary N) is 1. The Morgan fingerprint density at radius 2 is 2.31 bits per heavy atom. The van der Waals surface area contributed by atoms with E-state index in [-0.39, 0.29) is 5.91 Å². The van der Waals surface area contributed by atoms with Gasteiger partial charge in [-0.15, -0.1) is 0 Å². The summed E-state index contributed by atoms with van der Waals surface area (Å²) in [5, 5.41) is 2.90. The molecule has 0 bridgehead atoms. The van der Waals surface area contributed by atoms with E-state index < -0.39 is 0 Å². The van der Waals surface area contributed by atoms with Gasteiger partial charge in [0, 0.05) is 32.3 Å². The number of hydrogen-bond acceptors (Lipinski definition) is 3. The van der Waals surface area contributed by atoms with E-state index in [9.17, 15) is 4.79 Å². The van der Waals surface area contributed by atoms with E-state index >= 15 is 0 Å². The van der Waals surface area contributed by atoms with Gasteiger partial charge in [-0.1, -0.05) is 6.07 Å². The minimum absolute atomic E-state index is 0.178. The molecule has 1 aliphatic heterocycles. The molecule has 1 aromatic heterocycles. The maximum atomic E-state index is 11.2. The van der Waals surface area contributed by atoms with E-state index in [2.05, 4.69) is 15.2 Å². The number of aromatic nitrogens is 1. The van der Waals surface area contributed by atoms with Crippen molar-refractivity contribution < 1.29 is 4.79 Å². The molecule has 0 saturated carbocycles. The third-order valence-electron chi connectivity index (χ3n) is 2.74. The molecule has 86 valence electrons. The van der Waals surface area contributed by atoms with Crippen molar-refractivity contribution in [3.63, 3.8) is 0 Å². The molecule has 0 spiro atoms. The Bertz CT molecular complexity index is 327. The van der Waals surface area contributed by atoms with Crippen molar-refractivity contribution in [3.05, 3.63) is 30.1 Å². The number of carbonyl (C=O) groups excluding carboxylic acids is 1. The summed E-state index contributed by atoms with van der Waals surface area (Å²) in [5.74, 6) is 0.178. The predicted octanol–water partition coefficient (Wildman–Crippen LogP) is 0.794. The highest BCUT2D eigenvalue weighted by Crippen LogP contribution is 2.04. The van der Waals surface area contributed by atoms with Crippen LogP contribution >= 0.6 is 0 Å². The first-order chi connectivity index (χ1) is 7.84. The average Bonchev–Trinajstić information content (AvgIpc) is 2.27. The second-order valence-corrected chi connectivity index (χ2v) is 4.05. The highest BCUT2D eigenvalue weighted by Gasteiger charge is 2.11. The molecular weight excluding hydrogens is 202 g/mol. The number of rotatable bonds is 2. The minimum atomic E-state index is 0.178. The number of amides is 1. The van der Waals surface area contributed by atoms with Gasteiger partial charge in [-0.2, -0.15) is 0 Å². The van der Waals surface area contributed by atoms with Crippen molar-refractivity contribution in [1.29, 1.82) is 0 Å². The summed E-state index contributed by atoms with van der Waals surface area (Å²) < 4.78 is 0. The summed E-state index contributed by atoms with van der Waals surface area (Å²) >= 11 is 0. The summed E-state index contributed by atoms with van der Waals surface area (Å²) in [6.07, 6.45) is 3.39. The second kappa shape index (κ2) is 5.61. The van der Waals surface area contributed by atoms with Gasteiger partial charge in [0.05, 0.1) is 5.69 Å². The van der Waals surface area contributed by atoms with Crippen LogP contribution in [0.4, 0.5) is 0 Å².